The minimum absolute atomic E-state index is 0.0212. The lowest BCUT2D eigenvalue weighted by molar-refractivity contribution is -0.0652. The minimum atomic E-state index is -1.00. The molecule has 0 aromatic carbocycles. The number of likely N-dealkylation sites (tertiary alicyclic amines) is 1. The number of rotatable bonds is 6. The van der Waals surface area contributed by atoms with Gasteiger partial charge in [0.1, 0.15) is 12.3 Å². The van der Waals surface area contributed by atoms with Crippen LogP contribution in [0.3, 0.4) is 0 Å². The van der Waals surface area contributed by atoms with Crippen molar-refractivity contribution in [1.29, 1.82) is 0 Å². The summed E-state index contributed by atoms with van der Waals surface area (Å²) in [4.78, 5) is 2.45. The molecule has 3 heteroatoms. The van der Waals surface area contributed by atoms with Crippen molar-refractivity contribution in [2.75, 3.05) is 13.1 Å². The van der Waals surface area contributed by atoms with Crippen molar-refractivity contribution in [2.24, 2.45) is 17.3 Å². The molecule has 1 aliphatic heterocycles. The maximum Gasteiger partial charge on any atom is 0.107 e. The molecule has 6 unspecified atom stereocenters. The smallest absolute Gasteiger partial charge is 0.107 e. The molecule has 134 valence electrons. The van der Waals surface area contributed by atoms with Crippen LogP contribution in [0.4, 0.5) is 8.78 Å². The molecule has 1 aliphatic carbocycles. The van der Waals surface area contributed by atoms with Gasteiger partial charge in [-0.05, 0) is 50.1 Å². The Hall–Kier alpha value is -0.440. The number of alkyl halides is 2. The van der Waals surface area contributed by atoms with Gasteiger partial charge in [-0.3, -0.25) is 0 Å². The van der Waals surface area contributed by atoms with Crippen LogP contribution in [0.15, 0.2) is 12.7 Å². The van der Waals surface area contributed by atoms with Crippen LogP contribution in [0.5, 0.6) is 0 Å². The fourth-order valence-electron chi connectivity index (χ4n) is 5.17. The molecule has 1 saturated heterocycles. The second-order valence-corrected chi connectivity index (χ2v) is 7.96. The van der Waals surface area contributed by atoms with E-state index in [0.29, 0.717) is 6.42 Å². The maximum atomic E-state index is 15.1. The average Bonchev–Trinajstić information content (AvgIpc) is 2.54. The molecule has 2 fully saturated rings. The zero-order valence-electron chi connectivity index (χ0n) is 15.2. The van der Waals surface area contributed by atoms with E-state index in [1.54, 1.807) is 0 Å². The van der Waals surface area contributed by atoms with E-state index < -0.39 is 12.3 Å². The van der Waals surface area contributed by atoms with Gasteiger partial charge in [-0.25, -0.2) is 8.78 Å². The van der Waals surface area contributed by atoms with Crippen LogP contribution in [0.2, 0.25) is 0 Å². The minimum Gasteiger partial charge on any atom is -0.300 e. The number of halogens is 2. The predicted molar refractivity (Wildman–Crippen MR) is 94.1 cm³/mol. The van der Waals surface area contributed by atoms with Crippen LogP contribution in [-0.4, -0.2) is 36.4 Å². The molecular formula is C20H35F2N. The fraction of sp³-hybridized carbons (Fsp3) is 0.900. The van der Waals surface area contributed by atoms with Crippen LogP contribution in [0.25, 0.3) is 0 Å². The normalized spacial score (nSPS) is 38.9. The zero-order chi connectivity index (χ0) is 17.0. The Balaban J connectivity index is 2.32. The molecule has 1 saturated carbocycles. The second kappa shape index (κ2) is 8.09. The summed E-state index contributed by atoms with van der Waals surface area (Å²) in [5, 5.41) is 0. The van der Waals surface area contributed by atoms with E-state index in [9.17, 15) is 4.39 Å². The first-order valence-corrected chi connectivity index (χ1v) is 9.59. The molecule has 0 bridgehead atoms. The van der Waals surface area contributed by atoms with Crippen molar-refractivity contribution in [3.8, 4) is 0 Å². The summed E-state index contributed by atoms with van der Waals surface area (Å²) in [5.41, 5.74) is -0.0433. The van der Waals surface area contributed by atoms with E-state index in [1.807, 2.05) is 6.08 Å². The molecule has 1 heterocycles. The number of hydrogen-bond donors (Lipinski definition) is 0. The highest BCUT2D eigenvalue weighted by Crippen LogP contribution is 2.51. The van der Waals surface area contributed by atoms with E-state index >= 15 is 4.39 Å². The highest BCUT2D eigenvalue weighted by Gasteiger charge is 2.50. The maximum absolute atomic E-state index is 15.1. The third-order valence-corrected chi connectivity index (χ3v) is 6.70. The van der Waals surface area contributed by atoms with E-state index in [1.165, 1.54) is 12.8 Å². The first-order valence-electron chi connectivity index (χ1n) is 9.59. The Labute approximate surface area is 141 Å². The molecule has 0 spiro atoms. The summed E-state index contributed by atoms with van der Waals surface area (Å²) in [6, 6.07) is 0.289. The molecule has 0 N–H and O–H groups in total. The number of hydrogen-bond acceptors (Lipinski definition) is 1. The van der Waals surface area contributed by atoms with E-state index in [4.69, 9.17) is 0 Å². The van der Waals surface area contributed by atoms with Gasteiger partial charge >= 0.3 is 0 Å². The van der Waals surface area contributed by atoms with Gasteiger partial charge in [0, 0.05) is 18.4 Å². The summed E-state index contributed by atoms with van der Waals surface area (Å²) in [6.45, 7) is 12.5. The zero-order valence-corrected chi connectivity index (χ0v) is 15.2. The van der Waals surface area contributed by atoms with E-state index in [-0.39, 0.29) is 29.7 Å². The quantitative estimate of drug-likeness (QED) is 0.578. The van der Waals surface area contributed by atoms with Gasteiger partial charge in [0.15, 0.2) is 0 Å². The van der Waals surface area contributed by atoms with Gasteiger partial charge in [-0.15, -0.1) is 6.58 Å². The summed E-state index contributed by atoms with van der Waals surface area (Å²) in [5.74, 6) is 0.0912. The van der Waals surface area contributed by atoms with Crippen molar-refractivity contribution < 1.29 is 8.78 Å². The largest absolute Gasteiger partial charge is 0.300 e. The van der Waals surface area contributed by atoms with Crippen LogP contribution in [0.1, 0.15) is 65.7 Å². The SMILES string of the molecule is C=CCC(C)(CC)C1CC(F)CC(F)C1C1CCCCN1CC. The first kappa shape index (κ1) is 18.9. The highest BCUT2D eigenvalue weighted by atomic mass is 19.1. The van der Waals surface area contributed by atoms with Gasteiger partial charge in [0.2, 0.25) is 0 Å². The summed E-state index contributed by atoms with van der Waals surface area (Å²) >= 11 is 0. The summed E-state index contributed by atoms with van der Waals surface area (Å²) in [7, 11) is 0. The summed E-state index contributed by atoms with van der Waals surface area (Å²) < 4.78 is 29.3. The third-order valence-electron chi connectivity index (χ3n) is 6.70. The Morgan fingerprint density at radius 2 is 1.96 bits per heavy atom. The first-order chi connectivity index (χ1) is 11.0. The standard InChI is InChI=1S/C20H35F2N/c1-5-11-20(4,6-2)16-13-15(21)14-17(22)19(16)18-10-8-9-12-23(18)7-3/h5,15-19H,1,6-14H2,2-4H3. The van der Waals surface area contributed by atoms with Gasteiger partial charge in [-0.2, -0.15) is 0 Å². The molecule has 0 aromatic heterocycles. The second-order valence-electron chi connectivity index (χ2n) is 7.96. The van der Waals surface area contributed by atoms with Gasteiger partial charge in [0.25, 0.3) is 0 Å². The van der Waals surface area contributed by atoms with Crippen LogP contribution < -0.4 is 0 Å². The molecule has 0 amide bonds. The van der Waals surface area contributed by atoms with Crippen molar-refractivity contribution >= 4 is 0 Å². The predicted octanol–water partition coefficient (Wildman–Crippen LogP) is 5.56. The Morgan fingerprint density at radius 1 is 1.22 bits per heavy atom. The highest BCUT2D eigenvalue weighted by molar-refractivity contribution is 5.02. The Kier molecular flexibility index (Phi) is 6.65. The number of piperidine rings is 1. The van der Waals surface area contributed by atoms with Crippen molar-refractivity contribution in [2.45, 2.75) is 84.1 Å². The number of nitrogens with zero attached hydrogens (tertiary/aromatic N) is 1. The average molecular weight is 328 g/mol. The monoisotopic (exact) mass is 327 g/mol. The van der Waals surface area contributed by atoms with Gasteiger partial charge in [0.05, 0.1) is 0 Å². The van der Waals surface area contributed by atoms with Crippen LogP contribution in [0, 0.1) is 17.3 Å². The van der Waals surface area contributed by atoms with Crippen molar-refractivity contribution in [1.82, 2.24) is 4.90 Å². The molecular weight excluding hydrogens is 292 g/mol. The number of allylic oxidation sites excluding steroid dienone is 1. The lowest BCUT2D eigenvalue weighted by atomic mass is 9.58. The molecule has 23 heavy (non-hydrogen) atoms. The molecule has 2 aliphatic rings. The lowest BCUT2D eigenvalue weighted by Crippen LogP contribution is -2.55. The van der Waals surface area contributed by atoms with Crippen molar-refractivity contribution in [3.63, 3.8) is 0 Å². The fourth-order valence-corrected chi connectivity index (χ4v) is 5.17. The molecule has 6 atom stereocenters. The van der Waals surface area contributed by atoms with Gasteiger partial charge in [-0.1, -0.05) is 39.7 Å². The molecule has 2 rings (SSSR count). The molecule has 0 radical (unpaired) electrons. The van der Waals surface area contributed by atoms with Crippen molar-refractivity contribution in [3.05, 3.63) is 12.7 Å². The van der Waals surface area contributed by atoms with Crippen LogP contribution in [-0.2, 0) is 0 Å². The summed E-state index contributed by atoms with van der Waals surface area (Å²) in [6.07, 6.45) is 5.84. The Bertz CT molecular complexity index is 386. The van der Waals surface area contributed by atoms with E-state index in [0.717, 1.165) is 32.4 Å². The molecule has 0 aromatic rings. The topological polar surface area (TPSA) is 3.24 Å². The van der Waals surface area contributed by atoms with Gasteiger partial charge < -0.3 is 4.90 Å². The lowest BCUT2D eigenvalue weighted by Gasteiger charge is -2.52. The van der Waals surface area contributed by atoms with E-state index in [2.05, 4.69) is 32.3 Å². The van der Waals surface area contributed by atoms with Crippen LogP contribution >= 0.6 is 0 Å². The third kappa shape index (κ3) is 3.97. The Morgan fingerprint density at radius 3 is 2.57 bits per heavy atom. The molecule has 1 nitrogen and oxygen atoms in total.